The highest BCUT2D eigenvalue weighted by Crippen LogP contribution is 2.29. The van der Waals surface area contributed by atoms with E-state index in [1.165, 1.54) is 5.56 Å². The van der Waals surface area contributed by atoms with Crippen LogP contribution < -0.4 is 10.6 Å². The van der Waals surface area contributed by atoms with Gasteiger partial charge in [-0.25, -0.2) is 4.39 Å². The largest absolute Gasteiger partial charge is 0.371 e. The van der Waals surface area contributed by atoms with Gasteiger partial charge >= 0.3 is 0 Å². The van der Waals surface area contributed by atoms with Crippen LogP contribution in [0.3, 0.4) is 0 Å². The number of hydrogen-bond acceptors (Lipinski definition) is 2. The second kappa shape index (κ2) is 4.83. The summed E-state index contributed by atoms with van der Waals surface area (Å²) in [5.41, 5.74) is 8.03. The summed E-state index contributed by atoms with van der Waals surface area (Å²) in [5, 5.41) is 0. The van der Waals surface area contributed by atoms with Crippen molar-refractivity contribution in [3.8, 4) is 0 Å². The fourth-order valence-corrected chi connectivity index (χ4v) is 2.29. The molecular weight excluding hydrogens is 203 g/mol. The molecule has 16 heavy (non-hydrogen) atoms. The van der Waals surface area contributed by atoms with Crippen LogP contribution in [0.4, 0.5) is 10.1 Å². The molecule has 1 aliphatic rings. The third-order valence-electron chi connectivity index (χ3n) is 3.43. The second-order valence-corrected chi connectivity index (χ2v) is 4.48. The Hall–Kier alpha value is -1.09. The molecule has 1 atom stereocenters. The van der Waals surface area contributed by atoms with E-state index in [-0.39, 0.29) is 5.82 Å². The molecule has 3 heteroatoms. The number of nitrogens with two attached hydrogens (primary N) is 1. The van der Waals surface area contributed by atoms with Gasteiger partial charge in [0.2, 0.25) is 0 Å². The molecule has 2 N–H and O–H groups in total. The average molecular weight is 222 g/mol. The molecule has 0 aromatic heterocycles. The minimum Gasteiger partial charge on any atom is -0.371 e. The first-order valence-electron chi connectivity index (χ1n) is 5.98. The van der Waals surface area contributed by atoms with Crippen molar-refractivity contribution in [2.24, 2.45) is 11.7 Å². The van der Waals surface area contributed by atoms with Gasteiger partial charge in [0.05, 0.1) is 0 Å². The Morgan fingerprint density at radius 1 is 1.50 bits per heavy atom. The molecule has 1 aromatic carbocycles. The number of benzene rings is 1. The Bertz CT molecular complexity index is 361. The van der Waals surface area contributed by atoms with E-state index in [4.69, 9.17) is 5.73 Å². The Morgan fingerprint density at radius 2 is 2.31 bits per heavy atom. The lowest BCUT2D eigenvalue weighted by molar-refractivity contribution is 0.513. The Labute approximate surface area is 96.2 Å². The summed E-state index contributed by atoms with van der Waals surface area (Å²) in [6.45, 7) is 4.80. The van der Waals surface area contributed by atoms with Gasteiger partial charge < -0.3 is 10.6 Å². The normalized spacial score (nSPS) is 16.3. The zero-order valence-corrected chi connectivity index (χ0v) is 9.75. The minimum absolute atomic E-state index is 0.147. The first-order valence-corrected chi connectivity index (χ1v) is 5.98. The van der Waals surface area contributed by atoms with Crippen LogP contribution in [0.15, 0.2) is 18.2 Å². The molecule has 1 unspecified atom stereocenters. The maximum Gasteiger partial charge on any atom is 0.125 e. The fraction of sp³-hybridized carbons (Fsp3) is 0.538. The van der Waals surface area contributed by atoms with E-state index in [0.717, 1.165) is 31.6 Å². The highest BCUT2D eigenvalue weighted by atomic mass is 19.1. The van der Waals surface area contributed by atoms with Gasteiger partial charge in [0.25, 0.3) is 0 Å². The number of hydrogen-bond donors (Lipinski definition) is 1. The summed E-state index contributed by atoms with van der Waals surface area (Å²) in [6, 6.07) is 5.09. The first-order chi connectivity index (χ1) is 7.74. The van der Waals surface area contributed by atoms with Crippen molar-refractivity contribution in [1.29, 1.82) is 0 Å². The topological polar surface area (TPSA) is 29.3 Å². The number of fused-ring (bicyclic) bond motifs is 1. The van der Waals surface area contributed by atoms with E-state index in [2.05, 4.69) is 11.8 Å². The van der Waals surface area contributed by atoms with Gasteiger partial charge in [0.15, 0.2) is 0 Å². The monoisotopic (exact) mass is 222 g/mol. The van der Waals surface area contributed by atoms with Gasteiger partial charge in [0, 0.05) is 18.8 Å². The van der Waals surface area contributed by atoms with E-state index >= 15 is 0 Å². The molecule has 0 amide bonds. The molecule has 0 spiro atoms. The Kier molecular flexibility index (Phi) is 3.44. The average Bonchev–Trinajstić information content (AvgIpc) is 2.68. The molecule has 0 aliphatic carbocycles. The van der Waals surface area contributed by atoms with Crippen molar-refractivity contribution in [3.63, 3.8) is 0 Å². The van der Waals surface area contributed by atoms with Crippen LogP contribution in [-0.2, 0) is 6.42 Å². The molecule has 1 aromatic rings. The predicted octanol–water partition coefficient (Wildman–Crippen LogP) is 2.17. The third kappa shape index (κ3) is 2.19. The maximum absolute atomic E-state index is 13.2. The molecule has 0 saturated carbocycles. The van der Waals surface area contributed by atoms with Crippen molar-refractivity contribution in [3.05, 3.63) is 29.6 Å². The van der Waals surface area contributed by atoms with Gasteiger partial charge in [-0.2, -0.15) is 0 Å². The quantitative estimate of drug-likeness (QED) is 0.846. The molecule has 0 fully saturated rings. The van der Waals surface area contributed by atoms with E-state index < -0.39 is 0 Å². The van der Waals surface area contributed by atoms with E-state index in [1.54, 1.807) is 12.1 Å². The summed E-state index contributed by atoms with van der Waals surface area (Å²) in [6.07, 6.45) is 2.11. The smallest absolute Gasteiger partial charge is 0.125 e. The van der Waals surface area contributed by atoms with Crippen molar-refractivity contribution >= 4 is 5.69 Å². The number of halogens is 1. The zero-order chi connectivity index (χ0) is 11.5. The van der Waals surface area contributed by atoms with Gasteiger partial charge in [-0.15, -0.1) is 0 Å². The van der Waals surface area contributed by atoms with Gasteiger partial charge in [0.1, 0.15) is 5.82 Å². The van der Waals surface area contributed by atoms with E-state index in [0.29, 0.717) is 12.5 Å². The number of rotatable bonds is 4. The lowest BCUT2D eigenvalue weighted by Gasteiger charge is -2.24. The van der Waals surface area contributed by atoms with Crippen molar-refractivity contribution in [2.45, 2.75) is 19.8 Å². The maximum atomic E-state index is 13.2. The van der Waals surface area contributed by atoms with Crippen molar-refractivity contribution < 1.29 is 4.39 Å². The van der Waals surface area contributed by atoms with Crippen LogP contribution >= 0.6 is 0 Å². The fourth-order valence-electron chi connectivity index (χ4n) is 2.29. The van der Waals surface area contributed by atoms with Crippen LogP contribution in [0.2, 0.25) is 0 Å². The summed E-state index contributed by atoms with van der Waals surface area (Å²) in [7, 11) is 0. The molecule has 88 valence electrons. The van der Waals surface area contributed by atoms with Gasteiger partial charge in [-0.05, 0) is 36.6 Å². The molecular formula is C13H19FN2. The molecule has 1 aliphatic heterocycles. The molecule has 2 nitrogen and oxygen atoms in total. The third-order valence-corrected chi connectivity index (χ3v) is 3.43. The van der Waals surface area contributed by atoms with Crippen LogP contribution in [0.5, 0.6) is 0 Å². The van der Waals surface area contributed by atoms with Crippen LogP contribution in [0, 0.1) is 11.7 Å². The summed E-state index contributed by atoms with van der Waals surface area (Å²) < 4.78 is 13.2. The van der Waals surface area contributed by atoms with Gasteiger partial charge in [-0.1, -0.05) is 19.4 Å². The second-order valence-electron chi connectivity index (χ2n) is 4.48. The Morgan fingerprint density at radius 3 is 3.00 bits per heavy atom. The predicted molar refractivity (Wildman–Crippen MR) is 65.2 cm³/mol. The molecule has 1 heterocycles. The molecule has 0 saturated heterocycles. The highest BCUT2D eigenvalue weighted by Gasteiger charge is 2.21. The standard InChI is InChI=1S/C13H19FN2/c1-2-10(8-15)9-16-6-5-11-3-4-12(14)7-13(11)16/h3-4,7,10H,2,5-6,8-9,15H2,1H3. The molecule has 0 radical (unpaired) electrons. The summed E-state index contributed by atoms with van der Waals surface area (Å²) >= 11 is 0. The molecule has 0 bridgehead atoms. The van der Waals surface area contributed by atoms with Crippen LogP contribution in [0.1, 0.15) is 18.9 Å². The Balaban J connectivity index is 2.13. The van der Waals surface area contributed by atoms with Crippen molar-refractivity contribution in [2.75, 3.05) is 24.5 Å². The number of anilines is 1. The lowest BCUT2D eigenvalue weighted by atomic mass is 10.1. The summed E-state index contributed by atoms with van der Waals surface area (Å²) in [4.78, 5) is 2.26. The zero-order valence-electron chi connectivity index (χ0n) is 9.75. The molecule has 2 rings (SSSR count). The minimum atomic E-state index is -0.147. The van der Waals surface area contributed by atoms with E-state index in [1.807, 2.05) is 6.07 Å². The van der Waals surface area contributed by atoms with Crippen LogP contribution in [0.25, 0.3) is 0 Å². The number of nitrogens with zero attached hydrogens (tertiary/aromatic N) is 1. The lowest BCUT2D eigenvalue weighted by Crippen LogP contribution is -2.31. The van der Waals surface area contributed by atoms with Crippen LogP contribution in [-0.4, -0.2) is 19.6 Å². The SMILES string of the molecule is CCC(CN)CN1CCc2ccc(F)cc21. The van der Waals surface area contributed by atoms with E-state index in [9.17, 15) is 4.39 Å². The highest BCUT2D eigenvalue weighted by molar-refractivity contribution is 5.58. The van der Waals surface area contributed by atoms with Gasteiger partial charge in [-0.3, -0.25) is 0 Å². The van der Waals surface area contributed by atoms with Crippen molar-refractivity contribution in [1.82, 2.24) is 0 Å². The summed E-state index contributed by atoms with van der Waals surface area (Å²) in [5.74, 6) is 0.362. The first kappa shape index (κ1) is 11.4.